The molecule has 1 saturated carbocycles. The van der Waals surface area contributed by atoms with Gasteiger partial charge in [-0.25, -0.2) is 8.42 Å². The van der Waals surface area contributed by atoms with Crippen molar-refractivity contribution in [2.75, 3.05) is 18.0 Å². The Labute approximate surface area is 249 Å². The van der Waals surface area contributed by atoms with Gasteiger partial charge in [0.25, 0.3) is 10.0 Å². The lowest BCUT2D eigenvalue weighted by atomic mass is 10.1. The van der Waals surface area contributed by atoms with E-state index in [0.717, 1.165) is 46.7 Å². The molecule has 3 aromatic rings. The first kappa shape index (κ1) is 31.1. The number of aryl methyl sites for hydroxylation is 2. The number of hydrogen-bond acceptors (Lipinski definition) is 5. The van der Waals surface area contributed by atoms with Gasteiger partial charge in [0.15, 0.2) is 0 Å². The largest absolute Gasteiger partial charge is 0.495 e. The van der Waals surface area contributed by atoms with E-state index in [-0.39, 0.29) is 29.1 Å². The van der Waals surface area contributed by atoms with Crippen LogP contribution in [0.3, 0.4) is 0 Å². The van der Waals surface area contributed by atoms with E-state index in [1.54, 1.807) is 30.3 Å². The monoisotopic (exact) mass is 591 g/mol. The molecule has 0 radical (unpaired) electrons. The van der Waals surface area contributed by atoms with Crippen LogP contribution in [0, 0.1) is 13.8 Å². The Morgan fingerprint density at radius 2 is 1.60 bits per heavy atom. The Morgan fingerprint density at radius 1 is 0.952 bits per heavy atom. The second-order valence-corrected chi connectivity index (χ2v) is 12.8. The second-order valence-electron chi connectivity index (χ2n) is 10.9. The van der Waals surface area contributed by atoms with Crippen LogP contribution in [0.5, 0.6) is 5.75 Å². The molecule has 0 aromatic heterocycles. The number of rotatable bonds is 12. The quantitative estimate of drug-likeness (QED) is 0.305. The van der Waals surface area contributed by atoms with E-state index in [9.17, 15) is 18.0 Å². The molecule has 0 heterocycles. The zero-order valence-corrected chi connectivity index (χ0v) is 25.7. The zero-order valence-electron chi connectivity index (χ0n) is 24.9. The van der Waals surface area contributed by atoms with Gasteiger partial charge in [0.2, 0.25) is 11.8 Å². The Kier molecular flexibility index (Phi) is 10.3. The number of methoxy groups -OCH3 is 1. The number of amides is 2. The molecule has 8 nitrogen and oxygen atoms in total. The maximum absolute atomic E-state index is 14.3. The maximum atomic E-state index is 14.3. The van der Waals surface area contributed by atoms with Crippen LogP contribution in [0.25, 0.3) is 0 Å². The van der Waals surface area contributed by atoms with Crippen molar-refractivity contribution in [2.45, 2.75) is 76.4 Å². The highest BCUT2D eigenvalue weighted by molar-refractivity contribution is 7.92. The fraction of sp³-hybridized carbons (Fsp3) is 0.394. The zero-order chi connectivity index (χ0) is 30.3. The number of nitrogens with one attached hydrogen (secondary N) is 1. The molecule has 0 unspecified atom stereocenters. The van der Waals surface area contributed by atoms with Gasteiger partial charge in [0.05, 0.1) is 17.7 Å². The number of nitrogens with zero attached hydrogens (tertiary/aromatic N) is 2. The van der Waals surface area contributed by atoms with Gasteiger partial charge in [-0.05, 0) is 68.5 Å². The predicted molar refractivity (Wildman–Crippen MR) is 165 cm³/mol. The lowest BCUT2D eigenvalue weighted by molar-refractivity contribution is -0.140. The van der Waals surface area contributed by atoms with Gasteiger partial charge in [0.1, 0.15) is 18.3 Å². The van der Waals surface area contributed by atoms with E-state index in [0.29, 0.717) is 12.2 Å². The minimum atomic E-state index is -4.18. The maximum Gasteiger partial charge on any atom is 0.264 e. The molecule has 4 rings (SSSR count). The average Bonchev–Trinajstić information content (AvgIpc) is 3.50. The smallest absolute Gasteiger partial charge is 0.264 e. The van der Waals surface area contributed by atoms with Gasteiger partial charge < -0.3 is 15.0 Å². The third-order valence-corrected chi connectivity index (χ3v) is 9.55. The Balaban J connectivity index is 1.75. The Hall–Kier alpha value is -3.85. The summed E-state index contributed by atoms with van der Waals surface area (Å²) >= 11 is 0. The SMILES string of the molecule is CC[C@H](C(=O)NC1CCCC1)N(Cc1ccc(C)cc1)C(=O)CN(c1cc(C)ccc1OC)S(=O)(=O)c1ccccc1. The van der Waals surface area contributed by atoms with Gasteiger partial charge in [-0.2, -0.15) is 0 Å². The third-order valence-electron chi connectivity index (χ3n) is 7.77. The summed E-state index contributed by atoms with van der Waals surface area (Å²) in [5.41, 5.74) is 3.00. The molecular weight excluding hydrogens is 550 g/mol. The summed E-state index contributed by atoms with van der Waals surface area (Å²) in [6.07, 6.45) is 4.36. The minimum Gasteiger partial charge on any atom is -0.495 e. The molecule has 224 valence electrons. The molecule has 1 fully saturated rings. The highest BCUT2D eigenvalue weighted by Gasteiger charge is 2.35. The molecule has 2 amide bonds. The average molecular weight is 592 g/mol. The molecule has 3 aromatic carbocycles. The fourth-order valence-corrected chi connectivity index (χ4v) is 6.84. The second kappa shape index (κ2) is 13.9. The number of carbonyl (C=O) groups is 2. The first-order chi connectivity index (χ1) is 20.1. The van der Waals surface area contributed by atoms with Crippen molar-refractivity contribution in [3.8, 4) is 5.75 Å². The summed E-state index contributed by atoms with van der Waals surface area (Å²) in [6, 6.07) is 20.3. The van der Waals surface area contributed by atoms with Crippen molar-refractivity contribution in [1.29, 1.82) is 0 Å². The number of ether oxygens (including phenoxy) is 1. The van der Waals surface area contributed by atoms with E-state index in [2.05, 4.69) is 5.32 Å². The molecule has 1 N–H and O–H groups in total. The van der Waals surface area contributed by atoms with Crippen molar-refractivity contribution in [1.82, 2.24) is 10.2 Å². The molecule has 0 aliphatic heterocycles. The topological polar surface area (TPSA) is 96.0 Å². The van der Waals surface area contributed by atoms with Crippen LogP contribution in [-0.2, 0) is 26.2 Å². The Morgan fingerprint density at radius 3 is 2.21 bits per heavy atom. The van der Waals surface area contributed by atoms with Gasteiger partial charge in [-0.3, -0.25) is 13.9 Å². The normalized spacial score (nSPS) is 14.3. The summed E-state index contributed by atoms with van der Waals surface area (Å²) < 4.78 is 34.8. The number of carbonyl (C=O) groups excluding carboxylic acids is 2. The van der Waals surface area contributed by atoms with Crippen LogP contribution >= 0.6 is 0 Å². The summed E-state index contributed by atoms with van der Waals surface area (Å²) in [4.78, 5) is 29.5. The van der Waals surface area contributed by atoms with Crippen LogP contribution in [0.15, 0.2) is 77.7 Å². The van der Waals surface area contributed by atoms with Crippen molar-refractivity contribution < 1.29 is 22.7 Å². The van der Waals surface area contributed by atoms with Crippen LogP contribution in [0.1, 0.15) is 55.7 Å². The number of anilines is 1. The van der Waals surface area contributed by atoms with Gasteiger partial charge in [-0.15, -0.1) is 0 Å². The third kappa shape index (κ3) is 7.31. The van der Waals surface area contributed by atoms with E-state index in [1.807, 2.05) is 51.1 Å². The molecule has 0 spiro atoms. The fourth-order valence-electron chi connectivity index (χ4n) is 5.41. The summed E-state index contributed by atoms with van der Waals surface area (Å²) in [6.45, 7) is 5.37. The standard InChI is InChI=1S/C33H41N3O5S/c1-5-29(33(38)34-27-11-9-10-12-27)35(22-26-18-15-24(2)16-19-26)32(37)23-36(30-21-25(3)17-20-31(30)41-4)42(39,40)28-13-7-6-8-14-28/h6-8,13-21,27,29H,5,9-12,22-23H2,1-4H3,(H,34,38)/t29-/m1/s1. The highest BCUT2D eigenvalue weighted by atomic mass is 32.2. The van der Waals surface area contributed by atoms with Gasteiger partial charge in [0, 0.05) is 12.6 Å². The lowest BCUT2D eigenvalue weighted by Crippen LogP contribution is -2.53. The van der Waals surface area contributed by atoms with Crippen molar-refractivity contribution in [2.24, 2.45) is 0 Å². The lowest BCUT2D eigenvalue weighted by Gasteiger charge is -2.34. The first-order valence-corrected chi connectivity index (χ1v) is 16.0. The van der Waals surface area contributed by atoms with Gasteiger partial charge >= 0.3 is 0 Å². The van der Waals surface area contributed by atoms with Crippen molar-refractivity contribution in [3.63, 3.8) is 0 Å². The molecule has 1 aliphatic rings. The van der Waals surface area contributed by atoms with Crippen LogP contribution in [0.2, 0.25) is 0 Å². The summed E-state index contributed by atoms with van der Waals surface area (Å²) in [5, 5.41) is 3.14. The summed E-state index contributed by atoms with van der Waals surface area (Å²) in [5.74, 6) is -0.369. The molecule has 1 atom stereocenters. The Bertz CT molecular complexity index is 1470. The van der Waals surface area contributed by atoms with Crippen molar-refractivity contribution in [3.05, 3.63) is 89.5 Å². The van der Waals surface area contributed by atoms with Crippen LogP contribution in [0.4, 0.5) is 5.69 Å². The predicted octanol–water partition coefficient (Wildman–Crippen LogP) is 5.37. The molecule has 0 bridgehead atoms. The molecule has 1 aliphatic carbocycles. The number of benzene rings is 3. The van der Waals surface area contributed by atoms with Crippen molar-refractivity contribution >= 4 is 27.5 Å². The van der Waals surface area contributed by atoms with E-state index < -0.39 is 28.5 Å². The number of sulfonamides is 1. The van der Waals surface area contributed by atoms with Gasteiger partial charge in [-0.1, -0.05) is 73.9 Å². The molecule has 0 saturated heterocycles. The van der Waals surface area contributed by atoms with E-state index >= 15 is 0 Å². The molecule has 9 heteroatoms. The van der Waals surface area contributed by atoms with Crippen LogP contribution < -0.4 is 14.4 Å². The minimum absolute atomic E-state index is 0.0532. The molecular formula is C33H41N3O5S. The molecule has 42 heavy (non-hydrogen) atoms. The van der Waals surface area contributed by atoms with Crippen LogP contribution in [-0.4, -0.2) is 50.9 Å². The first-order valence-electron chi connectivity index (χ1n) is 14.5. The highest BCUT2D eigenvalue weighted by Crippen LogP contribution is 2.34. The summed E-state index contributed by atoms with van der Waals surface area (Å²) in [7, 11) is -2.71. The number of hydrogen-bond donors (Lipinski definition) is 1. The van der Waals surface area contributed by atoms with E-state index in [1.165, 1.54) is 24.1 Å². The van der Waals surface area contributed by atoms with E-state index in [4.69, 9.17) is 4.74 Å².